The molecule has 1 aliphatic rings. The van der Waals surface area contributed by atoms with Gasteiger partial charge in [-0.05, 0) is 29.3 Å². The smallest absolute Gasteiger partial charge is 0.248 e. The highest BCUT2D eigenvalue weighted by Gasteiger charge is 2.37. The predicted octanol–water partition coefficient (Wildman–Crippen LogP) is 1.33. The van der Waals surface area contributed by atoms with E-state index in [1.165, 1.54) is 11.0 Å². The van der Waals surface area contributed by atoms with Crippen molar-refractivity contribution >= 4 is 28.7 Å². The molecule has 1 saturated heterocycles. The van der Waals surface area contributed by atoms with Crippen LogP contribution in [0.5, 0.6) is 0 Å². The second-order valence-electron chi connectivity index (χ2n) is 5.88. The fourth-order valence-electron chi connectivity index (χ4n) is 2.63. The van der Waals surface area contributed by atoms with Crippen LogP contribution in [0.1, 0.15) is 11.1 Å². The molecule has 2 unspecified atom stereocenters. The number of pyridine rings is 1. The summed E-state index contributed by atoms with van der Waals surface area (Å²) in [6, 6.07) is 12.3. The highest BCUT2D eigenvalue weighted by Crippen LogP contribution is 2.14. The second-order valence-corrected chi connectivity index (χ2v) is 7.35. The van der Waals surface area contributed by atoms with Crippen LogP contribution in [0.25, 0.3) is 6.08 Å². The first kappa shape index (κ1) is 18.0. The van der Waals surface area contributed by atoms with Crippen LogP contribution in [0.2, 0.25) is 0 Å². The van der Waals surface area contributed by atoms with E-state index in [1.54, 1.807) is 30.6 Å². The van der Waals surface area contributed by atoms with Crippen molar-refractivity contribution < 1.29 is 13.8 Å². The molecule has 134 valence electrons. The van der Waals surface area contributed by atoms with E-state index < -0.39 is 16.8 Å². The van der Waals surface area contributed by atoms with Gasteiger partial charge in [0.1, 0.15) is 6.04 Å². The summed E-state index contributed by atoms with van der Waals surface area (Å²) in [6.45, 7) is 0.340. The van der Waals surface area contributed by atoms with Gasteiger partial charge in [0, 0.05) is 35.8 Å². The molecule has 1 aromatic heterocycles. The van der Waals surface area contributed by atoms with Gasteiger partial charge in [-0.25, -0.2) is 0 Å². The van der Waals surface area contributed by atoms with E-state index >= 15 is 0 Å². The van der Waals surface area contributed by atoms with Crippen LogP contribution < -0.4 is 5.32 Å². The number of nitrogens with zero attached hydrogens (tertiary/aromatic N) is 2. The maximum absolute atomic E-state index is 12.5. The summed E-state index contributed by atoms with van der Waals surface area (Å²) < 4.78 is 11.9. The first-order chi connectivity index (χ1) is 12.6. The van der Waals surface area contributed by atoms with E-state index in [1.807, 2.05) is 30.3 Å². The van der Waals surface area contributed by atoms with Crippen LogP contribution >= 0.6 is 0 Å². The molecule has 2 aromatic rings. The third-order valence-electron chi connectivity index (χ3n) is 4.02. The van der Waals surface area contributed by atoms with Gasteiger partial charge in [-0.1, -0.05) is 30.3 Å². The zero-order valence-electron chi connectivity index (χ0n) is 14.1. The van der Waals surface area contributed by atoms with Gasteiger partial charge < -0.3 is 10.2 Å². The summed E-state index contributed by atoms with van der Waals surface area (Å²) in [7, 11) is -1.22. The number of aromatic nitrogens is 1. The Morgan fingerprint density at radius 3 is 2.65 bits per heavy atom. The number of hydrogen-bond acceptors (Lipinski definition) is 4. The number of nitrogens with one attached hydrogen (secondary N) is 1. The molecule has 0 saturated carbocycles. The lowest BCUT2D eigenvalue weighted by molar-refractivity contribution is -0.134. The Hall–Kier alpha value is -2.80. The molecule has 1 fully saturated rings. The van der Waals surface area contributed by atoms with Crippen LogP contribution in [0.15, 0.2) is 60.9 Å². The molecule has 1 N–H and O–H groups in total. The van der Waals surface area contributed by atoms with E-state index in [9.17, 15) is 13.8 Å². The minimum absolute atomic E-state index is 0.0747. The third-order valence-corrected chi connectivity index (χ3v) is 5.28. The molecular weight excluding hydrogens is 350 g/mol. The van der Waals surface area contributed by atoms with Gasteiger partial charge in [-0.2, -0.15) is 0 Å². The Labute approximate surface area is 154 Å². The number of benzene rings is 1. The van der Waals surface area contributed by atoms with Gasteiger partial charge >= 0.3 is 0 Å². The van der Waals surface area contributed by atoms with Gasteiger partial charge in [0.2, 0.25) is 11.8 Å². The van der Waals surface area contributed by atoms with Gasteiger partial charge in [-0.15, -0.1) is 0 Å². The first-order valence-electron chi connectivity index (χ1n) is 8.19. The molecule has 2 atom stereocenters. The van der Waals surface area contributed by atoms with Crippen molar-refractivity contribution in [2.45, 2.75) is 12.6 Å². The van der Waals surface area contributed by atoms with Crippen molar-refractivity contribution in [2.24, 2.45) is 0 Å². The molecule has 3 rings (SSSR count). The van der Waals surface area contributed by atoms with Crippen LogP contribution in [-0.4, -0.2) is 43.6 Å². The Kier molecular flexibility index (Phi) is 5.91. The highest BCUT2D eigenvalue weighted by molar-refractivity contribution is 7.85. The molecule has 26 heavy (non-hydrogen) atoms. The molecule has 0 aliphatic carbocycles. The largest absolute Gasteiger partial charge is 0.350 e. The minimum atomic E-state index is -1.22. The lowest BCUT2D eigenvalue weighted by Gasteiger charge is -2.21. The van der Waals surface area contributed by atoms with E-state index in [4.69, 9.17) is 0 Å². The SMILES string of the molecule is O=C(NCc1ccncc1)C1CS(=O)CN1C(=O)/C=C/c1ccccc1. The van der Waals surface area contributed by atoms with Crippen LogP contribution in [0, 0.1) is 0 Å². The Morgan fingerprint density at radius 1 is 1.19 bits per heavy atom. The Morgan fingerprint density at radius 2 is 1.92 bits per heavy atom. The van der Waals surface area contributed by atoms with Crippen molar-refractivity contribution in [2.75, 3.05) is 11.6 Å². The lowest BCUT2D eigenvalue weighted by atomic mass is 10.2. The van der Waals surface area contributed by atoms with E-state index in [0.29, 0.717) is 6.54 Å². The number of rotatable bonds is 5. The van der Waals surface area contributed by atoms with Gasteiger partial charge in [0.05, 0.1) is 11.6 Å². The summed E-state index contributed by atoms with van der Waals surface area (Å²) in [5, 5.41) is 2.80. The standard InChI is InChI=1S/C19H19N3O3S/c23-18(7-6-15-4-2-1-3-5-15)22-14-26(25)13-17(22)19(24)21-12-16-8-10-20-11-9-16/h1-11,17H,12-14H2,(H,21,24)/b7-6+. The predicted molar refractivity (Wildman–Crippen MR) is 100 cm³/mol. The fourth-order valence-corrected chi connectivity index (χ4v) is 4.04. The average Bonchev–Trinajstić information content (AvgIpc) is 3.08. The number of amides is 2. The summed E-state index contributed by atoms with van der Waals surface area (Å²) >= 11 is 0. The van der Waals surface area contributed by atoms with Crippen LogP contribution in [0.4, 0.5) is 0 Å². The molecule has 1 aliphatic heterocycles. The van der Waals surface area contributed by atoms with Crippen LogP contribution in [-0.2, 0) is 26.9 Å². The maximum Gasteiger partial charge on any atom is 0.248 e. The summed E-state index contributed by atoms with van der Waals surface area (Å²) in [5.41, 5.74) is 1.80. The summed E-state index contributed by atoms with van der Waals surface area (Å²) in [5.74, 6) is -0.379. The highest BCUT2D eigenvalue weighted by atomic mass is 32.2. The number of carbonyl (C=O) groups excluding carboxylic acids is 2. The molecule has 2 amide bonds. The number of carbonyl (C=O) groups is 2. The molecular formula is C19H19N3O3S. The molecule has 7 heteroatoms. The van der Waals surface area contributed by atoms with E-state index in [0.717, 1.165) is 11.1 Å². The molecule has 6 nitrogen and oxygen atoms in total. The van der Waals surface area contributed by atoms with E-state index in [2.05, 4.69) is 10.3 Å². The van der Waals surface area contributed by atoms with Crippen molar-refractivity contribution in [3.63, 3.8) is 0 Å². The molecule has 0 radical (unpaired) electrons. The monoisotopic (exact) mass is 369 g/mol. The zero-order valence-corrected chi connectivity index (χ0v) is 14.9. The third kappa shape index (κ3) is 4.64. The quantitative estimate of drug-likeness (QED) is 0.807. The normalized spacial score (nSPS) is 19.6. The first-order valence-corrected chi connectivity index (χ1v) is 9.67. The maximum atomic E-state index is 12.5. The second kappa shape index (κ2) is 8.53. The van der Waals surface area contributed by atoms with Gasteiger partial charge in [-0.3, -0.25) is 18.8 Å². The molecule has 0 bridgehead atoms. The Bertz CT molecular complexity index is 824. The summed E-state index contributed by atoms with van der Waals surface area (Å²) in [6.07, 6.45) is 6.41. The minimum Gasteiger partial charge on any atom is -0.350 e. The van der Waals surface area contributed by atoms with Crippen LogP contribution in [0.3, 0.4) is 0 Å². The molecule has 2 heterocycles. The van der Waals surface area contributed by atoms with Gasteiger partial charge in [0.15, 0.2) is 0 Å². The van der Waals surface area contributed by atoms with E-state index in [-0.39, 0.29) is 23.4 Å². The van der Waals surface area contributed by atoms with Crippen molar-refractivity contribution in [3.05, 3.63) is 72.1 Å². The number of hydrogen-bond donors (Lipinski definition) is 1. The fraction of sp³-hybridized carbons (Fsp3) is 0.211. The lowest BCUT2D eigenvalue weighted by Crippen LogP contribution is -2.46. The van der Waals surface area contributed by atoms with Crippen molar-refractivity contribution in [1.82, 2.24) is 15.2 Å². The van der Waals surface area contributed by atoms with Crippen molar-refractivity contribution in [1.29, 1.82) is 0 Å². The van der Waals surface area contributed by atoms with Crippen molar-refractivity contribution in [3.8, 4) is 0 Å². The Balaban J connectivity index is 1.64. The average molecular weight is 369 g/mol. The molecule has 1 aromatic carbocycles. The van der Waals surface area contributed by atoms with Gasteiger partial charge in [0.25, 0.3) is 0 Å². The molecule has 0 spiro atoms. The zero-order chi connectivity index (χ0) is 18.4. The topological polar surface area (TPSA) is 79.4 Å². The summed E-state index contributed by atoms with van der Waals surface area (Å²) in [4.78, 5) is 30.2.